The second kappa shape index (κ2) is 5.54. The predicted molar refractivity (Wildman–Crippen MR) is 66.9 cm³/mol. The standard InChI is InChI=1S/C12H9BrN2O2/c13-11-7-6-10(12(14-11)15-16)17-8-9-4-2-1-3-5-9/h1-7H,8H2/p+1. The van der Waals surface area contributed by atoms with Crippen molar-refractivity contribution in [2.45, 2.75) is 6.61 Å². The summed E-state index contributed by atoms with van der Waals surface area (Å²) in [6, 6.07) is 13.2. The molecule has 0 spiro atoms. The van der Waals surface area contributed by atoms with Gasteiger partial charge in [0.1, 0.15) is 6.61 Å². The van der Waals surface area contributed by atoms with E-state index in [9.17, 15) is 4.91 Å². The molecule has 0 atom stereocenters. The lowest BCUT2D eigenvalue weighted by Gasteiger charge is -2.04. The van der Waals surface area contributed by atoms with Crippen LogP contribution in [0.3, 0.4) is 0 Å². The van der Waals surface area contributed by atoms with Crippen LogP contribution in [-0.4, -0.2) is 0 Å². The monoisotopic (exact) mass is 293 g/mol. The van der Waals surface area contributed by atoms with Crippen LogP contribution in [0.5, 0.6) is 5.75 Å². The Bertz CT molecular complexity index is 517. The van der Waals surface area contributed by atoms with Crippen molar-refractivity contribution in [3.63, 3.8) is 0 Å². The van der Waals surface area contributed by atoms with E-state index in [1.807, 2.05) is 30.3 Å². The van der Waals surface area contributed by atoms with Gasteiger partial charge in [0.05, 0.1) is 0 Å². The van der Waals surface area contributed by atoms with Gasteiger partial charge in [0, 0.05) is 0 Å². The Morgan fingerprint density at radius 1 is 1.18 bits per heavy atom. The summed E-state index contributed by atoms with van der Waals surface area (Å²) in [5.74, 6) is 0.613. The molecule has 0 saturated heterocycles. The lowest BCUT2D eigenvalue weighted by molar-refractivity contribution is -0.378. The van der Waals surface area contributed by atoms with Crippen molar-refractivity contribution in [1.82, 2.24) is 0 Å². The second-order valence-electron chi connectivity index (χ2n) is 3.38. The first-order valence-corrected chi connectivity index (χ1v) is 5.81. The number of nitroso groups, excluding NO2 is 1. The SMILES string of the molecule is O=Nc1[nH+]c(Br)ccc1OCc1ccccc1. The van der Waals surface area contributed by atoms with Gasteiger partial charge in [-0.25, -0.2) is 4.98 Å². The van der Waals surface area contributed by atoms with Crippen molar-refractivity contribution in [2.75, 3.05) is 0 Å². The van der Waals surface area contributed by atoms with Gasteiger partial charge in [0.2, 0.25) is 10.9 Å². The summed E-state index contributed by atoms with van der Waals surface area (Å²) in [7, 11) is 0. The molecule has 0 bridgehead atoms. The Hall–Kier alpha value is -1.75. The Kier molecular flexibility index (Phi) is 3.82. The van der Waals surface area contributed by atoms with Crippen molar-refractivity contribution < 1.29 is 9.72 Å². The normalized spacial score (nSPS) is 9.94. The first-order chi connectivity index (χ1) is 8.29. The topological polar surface area (TPSA) is 52.8 Å². The first kappa shape index (κ1) is 11.7. The molecule has 0 aliphatic heterocycles. The van der Waals surface area contributed by atoms with E-state index in [1.54, 1.807) is 12.1 Å². The number of benzene rings is 1. The van der Waals surface area contributed by atoms with Crippen LogP contribution >= 0.6 is 15.9 Å². The van der Waals surface area contributed by atoms with Crippen LogP contribution in [0.25, 0.3) is 0 Å². The van der Waals surface area contributed by atoms with Gasteiger partial charge in [-0.1, -0.05) is 30.3 Å². The smallest absolute Gasteiger partial charge is 0.415 e. The third kappa shape index (κ3) is 3.10. The van der Waals surface area contributed by atoms with Crippen molar-refractivity contribution in [3.8, 4) is 5.75 Å². The Labute approximate surface area is 107 Å². The van der Waals surface area contributed by atoms with E-state index in [1.165, 1.54) is 0 Å². The van der Waals surface area contributed by atoms with Crippen LogP contribution in [0.1, 0.15) is 5.56 Å². The Morgan fingerprint density at radius 3 is 2.65 bits per heavy atom. The summed E-state index contributed by atoms with van der Waals surface area (Å²) in [5.41, 5.74) is 1.03. The van der Waals surface area contributed by atoms with Gasteiger partial charge in [-0.15, -0.1) is 0 Å². The summed E-state index contributed by atoms with van der Waals surface area (Å²) in [6.07, 6.45) is 0. The number of nitrogens with zero attached hydrogens (tertiary/aromatic N) is 1. The van der Waals surface area contributed by atoms with E-state index in [4.69, 9.17) is 4.74 Å². The molecule has 0 amide bonds. The highest BCUT2D eigenvalue weighted by Crippen LogP contribution is 2.24. The van der Waals surface area contributed by atoms with E-state index in [-0.39, 0.29) is 5.82 Å². The lowest BCUT2D eigenvalue weighted by Crippen LogP contribution is -2.06. The number of pyridine rings is 1. The zero-order valence-electron chi connectivity index (χ0n) is 8.89. The van der Waals surface area contributed by atoms with E-state index in [2.05, 4.69) is 26.1 Å². The molecular weight excluding hydrogens is 284 g/mol. The van der Waals surface area contributed by atoms with E-state index >= 15 is 0 Å². The van der Waals surface area contributed by atoms with Gasteiger partial charge in [0.15, 0.2) is 4.60 Å². The van der Waals surface area contributed by atoms with Crippen molar-refractivity contribution >= 4 is 21.7 Å². The summed E-state index contributed by atoms with van der Waals surface area (Å²) in [5, 5.41) is 2.88. The highest BCUT2D eigenvalue weighted by Gasteiger charge is 2.14. The molecule has 0 aliphatic rings. The minimum absolute atomic E-state index is 0.176. The maximum absolute atomic E-state index is 10.6. The van der Waals surface area contributed by atoms with E-state index < -0.39 is 0 Å². The average Bonchev–Trinajstić information content (AvgIpc) is 2.38. The zero-order valence-corrected chi connectivity index (χ0v) is 10.5. The average molecular weight is 294 g/mol. The van der Waals surface area contributed by atoms with Gasteiger partial charge in [0.25, 0.3) is 0 Å². The van der Waals surface area contributed by atoms with E-state index in [0.29, 0.717) is 17.0 Å². The molecule has 2 aromatic rings. The molecule has 1 aromatic carbocycles. The third-order valence-corrected chi connectivity index (χ3v) is 2.64. The molecule has 4 nitrogen and oxygen atoms in total. The number of halogens is 1. The second-order valence-corrected chi connectivity index (χ2v) is 4.24. The molecule has 5 heteroatoms. The van der Waals surface area contributed by atoms with Crippen LogP contribution in [0.2, 0.25) is 0 Å². The van der Waals surface area contributed by atoms with Crippen LogP contribution in [0.15, 0.2) is 52.2 Å². The fourth-order valence-electron chi connectivity index (χ4n) is 1.36. The molecule has 0 saturated carbocycles. The van der Waals surface area contributed by atoms with Crippen LogP contribution in [0, 0.1) is 4.91 Å². The largest absolute Gasteiger partial charge is 0.481 e. The number of aromatic nitrogens is 1. The number of rotatable bonds is 4. The molecular formula is C12H10BrN2O2+. The van der Waals surface area contributed by atoms with Crippen LogP contribution in [0.4, 0.5) is 5.82 Å². The maximum atomic E-state index is 10.6. The fourth-order valence-corrected chi connectivity index (χ4v) is 1.68. The highest BCUT2D eigenvalue weighted by molar-refractivity contribution is 9.10. The Morgan fingerprint density at radius 2 is 1.94 bits per heavy atom. The molecule has 2 rings (SSSR count). The molecule has 0 radical (unpaired) electrons. The maximum Gasteiger partial charge on any atom is 0.415 e. The van der Waals surface area contributed by atoms with Gasteiger partial charge in [-0.3, -0.25) is 0 Å². The molecule has 0 aliphatic carbocycles. The molecule has 1 heterocycles. The van der Waals surface area contributed by atoms with Gasteiger partial charge in [-0.2, -0.15) is 0 Å². The Balaban J connectivity index is 2.11. The van der Waals surface area contributed by atoms with Crippen LogP contribution < -0.4 is 9.72 Å². The predicted octanol–water partition coefficient (Wildman–Crippen LogP) is 3.24. The van der Waals surface area contributed by atoms with Crippen molar-refractivity contribution in [2.24, 2.45) is 5.18 Å². The number of hydrogen-bond donors (Lipinski definition) is 0. The number of nitrogens with one attached hydrogen (secondary N) is 1. The van der Waals surface area contributed by atoms with Crippen molar-refractivity contribution in [1.29, 1.82) is 0 Å². The van der Waals surface area contributed by atoms with Gasteiger partial charge < -0.3 is 4.74 Å². The summed E-state index contributed by atoms with van der Waals surface area (Å²) >= 11 is 3.22. The summed E-state index contributed by atoms with van der Waals surface area (Å²) < 4.78 is 6.20. The van der Waals surface area contributed by atoms with Crippen LogP contribution in [-0.2, 0) is 6.61 Å². The van der Waals surface area contributed by atoms with Crippen molar-refractivity contribution in [3.05, 3.63) is 57.5 Å². The molecule has 17 heavy (non-hydrogen) atoms. The van der Waals surface area contributed by atoms with E-state index in [0.717, 1.165) is 5.56 Å². The summed E-state index contributed by atoms with van der Waals surface area (Å²) in [6.45, 7) is 0.402. The fraction of sp³-hybridized carbons (Fsp3) is 0.0833. The highest BCUT2D eigenvalue weighted by atomic mass is 79.9. The van der Waals surface area contributed by atoms with Gasteiger partial charge in [-0.05, 0) is 38.5 Å². The summed E-state index contributed by atoms with van der Waals surface area (Å²) in [4.78, 5) is 13.4. The lowest BCUT2D eigenvalue weighted by atomic mass is 10.2. The molecule has 86 valence electrons. The minimum atomic E-state index is 0.176. The first-order valence-electron chi connectivity index (χ1n) is 5.01. The number of hydrogen-bond acceptors (Lipinski definition) is 3. The quantitative estimate of drug-likeness (QED) is 0.642. The zero-order chi connectivity index (χ0) is 12.1. The van der Waals surface area contributed by atoms with Gasteiger partial charge >= 0.3 is 5.82 Å². The number of ether oxygens (including phenoxy) is 1. The number of aromatic amines is 1. The molecule has 0 unspecified atom stereocenters. The number of H-pyrrole nitrogens is 1. The molecule has 0 fully saturated rings. The molecule has 1 aromatic heterocycles. The minimum Gasteiger partial charge on any atom is -0.481 e. The third-order valence-electron chi connectivity index (χ3n) is 2.18. The molecule has 1 N–H and O–H groups in total.